The standard InChI is InChI=1S/C19H18O6/c20-19(21)7-6-15-10-17-18(25-13-24-17)11-16(15)23-9-8-22-12-14-4-2-1-3-5-14/h1-7,10-11H,8-9,12-13H2,(H,20,21)/b7-6+. The van der Waals surface area contributed by atoms with E-state index in [1.807, 2.05) is 30.3 Å². The van der Waals surface area contributed by atoms with E-state index in [2.05, 4.69) is 0 Å². The molecular formula is C19H18O6. The largest absolute Gasteiger partial charge is 0.490 e. The van der Waals surface area contributed by atoms with Crippen LogP contribution in [0, 0.1) is 0 Å². The Balaban J connectivity index is 1.58. The molecular weight excluding hydrogens is 324 g/mol. The molecule has 0 radical (unpaired) electrons. The van der Waals surface area contributed by atoms with Crippen LogP contribution in [-0.2, 0) is 16.1 Å². The van der Waals surface area contributed by atoms with Crippen molar-refractivity contribution in [1.29, 1.82) is 0 Å². The van der Waals surface area contributed by atoms with Crippen LogP contribution >= 0.6 is 0 Å². The zero-order chi connectivity index (χ0) is 17.5. The van der Waals surface area contributed by atoms with Crippen LogP contribution in [0.5, 0.6) is 17.2 Å². The summed E-state index contributed by atoms with van der Waals surface area (Å²) in [6.07, 6.45) is 2.51. The van der Waals surface area contributed by atoms with Gasteiger partial charge >= 0.3 is 5.97 Å². The maximum absolute atomic E-state index is 10.7. The number of carbonyl (C=O) groups is 1. The van der Waals surface area contributed by atoms with E-state index in [4.69, 9.17) is 24.1 Å². The van der Waals surface area contributed by atoms with Gasteiger partial charge in [0.2, 0.25) is 6.79 Å². The third-order valence-electron chi connectivity index (χ3n) is 3.51. The number of rotatable bonds is 8. The number of ether oxygens (including phenoxy) is 4. The molecule has 0 amide bonds. The van der Waals surface area contributed by atoms with E-state index in [-0.39, 0.29) is 6.79 Å². The SMILES string of the molecule is O=C(O)/C=C/c1cc2c(cc1OCCOCc1ccccc1)OCO2. The number of carboxylic acid groups (broad SMARTS) is 1. The Bertz CT molecular complexity index is 754. The summed E-state index contributed by atoms with van der Waals surface area (Å²) >= 11 is 0. The average molecular weight is 342 g/mol. The summed E-state index contributed by atoms with van der Waals surface area (Å²) in [6.45, 7) is 1.39. The lowest BCUT2D eigenvalue weighted by Gasteiger charge is -2.11. The van der Waals surface area contributed by atoms with Crippen LogP contribution < -0.4 is 14.2 Å². The van der Waals surface area contributed by atoms with E-state index in [0.717, 1.165) is 11.6 Å². The van der Waals surface area contributed by atoms with Crippen molar-refractivity contribution in [2.45, 2.75) is 6.61 Å². The molecule has 1 aliphatic rings. The van der Waals surface area contributed by atoms with Gasteiger partial charge in [-0.25, -0.2) is 4.79 Å². The van der Waals surface area contributed by atoms with Gasteiger partial charge in [0.25, 0.3) is 0 Å². The van der Waals surface area contributed by atoms with Crippen molar-refractivity contribution in [2.24, 2.45) is 0 Å². The summed E-state index contributed by atoms with van der Waals surface area (Å²) in [5, 5.41) is 8.81. The fraction of sp³-hybridized carbons (Fsp3) is 0.211. The number of hydrogen-bond acceptors (Lipinski definition) is 5. The minimum Gasteiger partial charge on any atom is -0.490 e. The summed E-state index contributed by atoms with van der Waals surface area (Å²) in [5.41, 5.74) is 1.70. The van der Waals surface area contributed by atoms with E-state index in [1.54, 1.807) is 12.1 Å². The molecule has 0 atom stereocenters. The topological polar surface area (TPSA) is 74.2 Å². The first-order valence-corrected chi connectivity index (χ1v) is 7.81. The number of hydrogen-bond donors (Lipinski definition) is 1. The maximum atomic E-state index is 10.7. The predicted octanol–water partition coefficient (Wildman–Crippen LogP) is 3.11. The van der Waals surface area contributed by atoms with E-state index in [0.29, 0.717) is 42.6 Å². The van der Waals surface area contributed by atoms with Gasteiger partial charge in [-0.2, -0.15) is 0 Å². The third kappa shape index (κ3) is 4.74. The second-order valence-corrected chi connectivity index (χ2v) is 5.30. The molecule has 0 aromatic heterocycles. The lowest BCUT2D eigenvalue weighted by Crippen LogP contribution is -2.07. The van der Waals surface area contributed by atoms with Crippen LogP contribution in [0.25, 0.3) is 6.08 Å². The Kier molecular flexibility index (Phi) is 5.53. The first-order chi connectivity index (χ1) is 12.2. The minimum atomic E-state index is -1.03. The van der Waals surface area contributed by atoms with Crippen molar-refractivity contribution < 1.29 is 28.8 Å². The quantitative estimate of drug-likeness (QED) is 0.587. The average Bonchev–Trinajstić information content (AvgIpc) is 3.07. The van der Waals surface area contributed by atoms with Crippen LogP contribution in [-0.4, -0.2) is 31.1 Å². The molecule has 0 unspecified atom stereocenters. The van der Waals surface area contributed by atoms with Gasteiger partial charge in [0.15, 0.2) is 11.5 Å². The molecule has 1 aliphatic heterocycles. The summed E-state index contributed by atoms with van der Waals surface area (Å²) in [5.74, 6) is 0.630. The Hall–Kier alpha value is -2.99. The van der Waals surface area contributed by atoms with Gasteiger partial charge in [-0.15, -0.1) is 0 Å². The molecule has 3 rings (SSSR count). The van der Waals surface area contributed by atoms with Crippen LogP contribution in [0.1, 0.15) is 11.1 Å². The number of aliphatic carboxylic acids is 1. The Morgan fingerprint density at radius 1 is 1.12 bits per heavy atom. The predicted molar refractivity (Wildman–Crippen MR) is 90.8 cm³/mol. The molecule has 2 aromatic rings. The van der Waals surface area contributed by atoms with Crippen LogP contribution in [0.2, 0.25) is 0 Å². The molecule has 0 saturated heterocycles. The van der Waals surface area contributed by atoms with E-state index >= 15 is 0 Å². The molecule has 130 valence electrons. The van der Waals surface area contributed by atoms with Crippen LogP contribution in [0.4, 0.5) is 0 Å². The first-order valence-electron chi connectivity index (χ1n) is 7.81. The molecule has 0 bridgehead atoms. The lowest BCUT2D eigenvalue weighted by molar-refractivity contribution is -0.131. The highest BCUT2D eigenvalue weighted by molar-refractivity contribution is 5.86. The van der Waals surface area contributed by atoms with Gasteiger partial charge in [0, 0.05) is 17.7 Å². The zero-order valence-corrected chi connectivity index (χ0v) is 13.5. The lowest BCUT2D eigenvalue weighted by atomic mass is 10.1. The molecule has 0 aliphatic carbocycles. The first kappa shape index (κ1) is 16.9. The molecule has 1 N–H and O–H groups in total. The Morgan fingerprint density at radius 3 is 2.64 bits per heavy atom. The molecule has 0 saturated carbocycles. The van der Waals surface area contributed by atoms with Crippen molar-refractivity contribution in [1.82, 2.24) is 0 Å². The smallest absolute Gasteiger partial charge is 0.328 e. The van der Waals surface area contributed by atoms with E-state index in [9.17, 15) is 4.79 Å². The van der Waals surface area contributed by atoms with Gasteiger partial charge in [0.1, 0.15) is 12.4 Å². The Labute approximate surface area is 145 Å². The maximum Gasteiger partial charge on any atom is 0.328 e. The molecule has 25 heavy (non-hydrogen) atoms. The number of carboxylic acids is 1. The summed E-state index contributed by atoms with van der Waals surface area (Å²) in [6, 6.07) is 13.3. The highest BCUT2D eigenvalue weighted by atomic mass is 16.7. The van der Waals surface area contributed by atoms with E-state index < -0.39 is 5.97 Å². The van der Waals surface area contributed by atoms with Gasteiger partial charge in [-0.05, 0) is 17.7 Å². The van der Waals surface area contributed by atoms with Crippen molar-refractivity contribution in [3.63, 3.8) is 0 Å². The van der Waals surface area contributed by atoms with Gasteiger partial charge in [-0.3, -0.25) is 0 Å². The summed E-state index contributed by atoms with van der Waals surface area (Å²) < 4.78 is 21.9. The molecule has 6 heteroatoms. The summed E-state index contributed by atoms with van der Waals surface area (Å²) in [4.78, 5) is 10.7. The highest BCUT2D eigenvalue weighted by Gasteiger charge is 2.17. The number of benzene rings is 2. The molecule has 0 fully saturated rings. The molecule has 1 heterocycles. The molecule has 2 aromatic carbocycles. The molecule has 0 spiro atoms. The van der Waals surface area contributed by atoms with Gasteiger partial charge < -0.3 is 24.1 Å². The van der Waals surface area contributed by atoms with Crippen molar-refractivity contribution in [2.75, 3.05) is 20.0 Å². The zero-order valence-electron chi connectivity index (χ0n) is 13.5. The second kappa shape index (κ2) is 8.21. The second-order valence-electron chi connectivity index (χ2n) is 5.30. The third-order valence-corrected chi connectivity index (χ3v) is 3.51. The fourth-order valence-electron chi connectivity index (χ4n) is 2.33. The Morgan fingerprint density at radius 2 is 1.88 bits per heavy atom. The van der Waals surface area contributed by atoms with Crippen LogP contribution in [0.3, 0.4) is 0 Å². The minimum absolute atomic E-state index is 0.140. The number of fused-ring (bicyclic) bond motifs is 1. The monoisotopic (exact) mass is 342 g/mol. The normalized spacial score (nSPS) is 12.5. The van der Waals surface area contributed by atoms with E-state index in [1.165, 1.54) is 6.08 Å². The highest BCUT2D eigenvalue weighted by Crippen LogP contribution is 2.38. The van der Waals surface area contributed by atoms with Crippen molar-refractivity contribution in [3.8, 4) is 17.2 Å². The van der Waals surface area contributed by atoms with Crippen LogP contribution in [0.15, 0.2) is 48.5 Å². The van der Waals surface area contributed by atoms with Crippen molar-refractivity contribution >= 4 is 12.0 Å². The molecule has 6 nitrogen and oxygen atoms in total. The van der Waals surface area contributed by atoms with Crippen molar-refractivity contribution in [3.05, 3.63) is 59.7 Å². The van der Waals surface area contributed by atoms with Gasteiger partial charge in [-0.1, -0.05) is 30.3 Å². The van der Waals surface area contributed by atoms with Gasteiger partial charge in [0.05, 0.1) is 13.2 Å². The fourth-order valence-corrected chi connectivity index (χ4v) is 2.33. The summed E-state index contributed by atoms with van der Waals surface area (Å²) in [7, 11) is 0.